The largest absolute Gasteiger partial charge is 0.456 e. The number of furan rings is 1. The highest BCUT2D eigenvalue weighted by atomic mass is 16.3. The van der Waals surface area contributed by atoms with Gasteiger partial charge in [-0.25, -0.2) is 9.98 Å². The van der Waals surface area contributed by atoms with Gasteiger partial charge >= 0.3 is 0 Å². The highest BCUT2D eigenvalue weighted by Gasteiger charge is 2.23. The third kappa shape index (κ3) is 5.01. The maximum absolute atomic E-state index is 6.56. The SMILES string of the molecule is C1=CCC(c2ccc3c(c2)c2c4ccccc4ccc2n3-c2ccc3oc4cc(C5=NC(c6ccccc6)=NC(c6ccccc6)N5)ccc4c3c2)C=C1. The van der Waals surface area contributed by atoms with E-state index in [1.807, 2.05) is 36.4 Å². The molecule has 256 valence electrons. The van der Waals surface area contributed by atoms with Crippen LogP contribution in [0.4, 0.5) is 0 Å². The maximum Gasteiger partial charge on any atom is 0.159 e. The van der Waals surface area contributed by atoms with Gasteiger partial charge < -0.3 is 14.3 Å². The van der Waals surface area contributed by atoms with Crippen LogP contribution in [0.5, 0.6) is 0 Å². The van der Waals surface area contributed by atoms with Crippen molar-refractivity contribution in [3.05, 3.63) is 198 Å². The zero-order valence-electron chi connectivity index (χ0n) is 29.4. The minimum absolute atomic E-state index is 0.266. The Hall–Kier alpha value is -6.98. The molecule has 1 N–H and O–H groups in total. The summed E-state index contributed by atoms with van der Waals surface area (Å²) in [5, 5.41) is 10.8. The first-order valence-electron chi connectivity index (χ1n) is 18.5. The number of hydrogen-bond donors (Lipinski definition) is 1. The molecule has 0 fully saturated rings. The van der Waals surface area contributed by atoms with Gasteiger partial charge in [0.2, 0.25) is 0 Å². The third-order valence-electron chi connectivity index (χ3n) is 11.0. The number of nitrogens with zero attached hydrogens (tertiary/aromatic N) is 3. The summed E-state index contributed by atoms with van der Waals surface area (Å²) >= 11 is 0. The summed E-state index contributed by atoms with van der Waals surface area (Å²) in [7, 11) is 0. The van der Waals surface area contributed by atoms with Crippen molar-refractivity contribution in [2.24, 2.45) is 9.98 Å². The molecule has 9 aromatic rings. The molecule has 1 aliphatic carbocycles. The first-order valence-corrected chi connectivity index (χ1v) is 18.5. The number of nitrogens with one attached hydrogen (secondary N) is 1. The minimum atomic E-state index is -0.266. The fourth-order valence-corrected chi connectivity index (χ4v) is 8.31. The van der Waals surface area contributed by atoms with Gasteiger partial charge in [0.25, 0.3) is 0 Å². The Morgan fingerprint density at radius 3 is 2.30 bits per heavy atom. The number of aliphatic imine (C=N–C) groups is 2. The molecular weight excluding hydrogens is 661 g/mol. The summed E-state index contributed by atoms with van der Waals surface area (Å²) in [4.78, 5) is 10.0. The molecule has 11 rings (SSSR count). The normalized spacial score (nSPS) is 17.0. The van der Waals surface area contributed by atoms with Crippen molar-refractivity contribution in [2.75, 3.05) is 0 Å². The summed E-state index contributed by atoms with van der Waals surface area (Å²) < 4.78 is 8.98. The Bertz CT molecular complexity index is 3050. The van der Waals surface area contributed by atoms with Crippen molar-refractivity contribution < 1.29 is 4.42 Å². The van der Waals surface area contributed by atoms with Crippen molar-refractivity contribution in [1.82, 2.24) is 9.88 Å². The predicted octanol–water partition coefficient (Wildman–Crippen LogP) is 11.9. The van der Waals surface area contributed by atoms with Gasteiger partial charge in [-0.1, -0.05) is 127 Å². The van der Waals surface area contributed by atoms with Crippen LogP contribution in [0.25, 0.3) is 60.2 Å². The zero-order chi connectivity index (χ0) is 35.6. The van der Waals surface area contributed by atoms with Crippen LogP contribution in [0, 0.1) is 0 Å². The molecule has 5 heteroatoms. The molecule has 0 saturated heterocycles. The van der Waals surface area contributed by atoms with E-state index in [0.717, 1.165) is 56.6 Å². The number of aromatic nitrogens is 1. The summed E-state index contributed by atoms with van der Waals surface area (Å²) in [6, 6.07) is 53.7. The molecule has 3 heterocycles. The van der Waals surface area contributed by atoms with Crippen molar-refractivity contribution in [3.8, 4) is 5.69 Å². The van der Waals surface area contributed by atoms with E-state index >= 15 is 0 Å². The summed E-state index contributed by atoms with van der Waals surface area (Å²) in [5.41, 5.74) is 9.50. The average Bonchev–Trinajstić information content (AvgIpc) is 3.79. The first-order chi connectivity index (χ1) is 26.7. The van der Waals surface area contributed by atoms with E-state index in [4.69, 9.17) is 14.4 Å². The summed E-state index contributed by atoms with van der Waals surface area (Å²) in [6.45, 7) is 0. The van der Waals surface area contributed by atoms with Crippen molar-refractivity contribution >= 4 is 66.2 Å². The number of rotatable bonds is 5. The van der Waals surface area contributed by atoms with Crippen LogP contribution in [0.15, 0.2) is 190 Å². The number of hydrogen-bond acceptors (Lipinski definition) is 4. The summed E-state index contributed by atoms with van der Waals surface area (Å²) in [5.74, 6) is 1.84. The fourth-order valence-electron chi connectivity index (χ4n) is 8.31. The molecule has 0 spiro atoms. The fraction of sp³-hybridized carbons (Fsp3) is 0.0612. The zero-order valence-corrected chi connectivity index (χ0v) is 29.4. The van der Waals surface area contributed by atoms with Gasteiger partial charge in [-0.05, 0) is 76.9 Å². The highest BCUT2D eigenvalue weighted by Crippen LogP contribution is 2.40. The summed E-state index contributed by atoms with van der Waals surface area (Å²) in [6.07, 6.45) is 9.64. The maximum atomic E-state index is 6.56. The molecule has 54 heavy (non-hydrogen) atoms. The average molecular weight is 695 g/mol. The highest BCUT2D eigenvalue weighted by molar-refractivity contribution is 6.22. The number of benzene rings is 7. The molecule has 0 radical (unpaired) electrons. The molecular formula is C49H34N4O. The van der Waals surface area contributed by atoms with E-state index in [2.05, 4.69) is 149 Å². The van der Waals surface area contributed by atoms with Crippen LogP contribution in [0.2, 0.25) is 0 Å². The standard InChI is InChI=1S/C49H34N4O/c1-4-12-31(13-5-1)35-22-25-42-41(28-35)46-38-19-11-10-14-32(38)21-26-43(46)53(42)37-23-27-44-40(30-37)39-24-20-36(29-45(39)54-44)49-51-47(33-15-6-2-7-16-33)50-48(52-49)34-17-8-3-9-18-34/h1-12,14-31,47H,13H2,(H,50,51,52). The lowest BCUT2D eigenvalue weighted by Crippen LogP contribution is -2.33. The smallest absolute Gasteiger partial charge is 0.159 e. The molecule has 2 atom stereocenters. The predicted molar refractivity (Wildman–Crippen MR) is 223 cm³/mol. The van der Waals surface area contributed by atoms with Crippen molar-refractivity contribution in [1.29, 1.82) is 0 Å². The lowest BCUT2D eigenvalue weighted by molar-refractivity contribution is 0.666. The molecule has 1 aliphatic heterocycles. The van der Waals surface area contributed by atoms with E-state index in [9.17, 15) is 0 Å². The Kier molecular flexibility index (Phi) is 6.99. The van der Waals surface area contributed by atoms with Gasteiger partial charge in [0.15, 0.2) is 5.84 Å². The van der Waals surface area contributed by atoms with E-state index in [1.165, 1.54) is 38.1 Å². The van der Waals surface area contributed by atoms with E-state index < -0.39 is 0 Å². The van der Waals surface area contributed by atoms with Gasteiger partial charge in [0.1, 0.15) is 23.2 Å². The lowest BCUT2D eigenvalue weighted by Gasteiger charge is -2.23. The minimum Gasteiger partial charge on any atom is -0.456 e. The Morgan fingerprint density at radius 2 is 1.43 bits per heavy atom. The van der Waals surface area contributed by atoms with Crippen LogP contribution in [-0.2, 0) is 0 Å². The molecule has 2 aromatic heterocycles. The number of amidine groups is 2. The second-order valence-corrected chi connectivity index (χ2v) is 14.2. The molecule has 5 nitrogen and oxygen atoms in total. The van der Waals surface area contributed by atoms with Crippen LogP contribution in [-0.4, -0.2) is 16.2 Å². The van der Waals surface area contributed by atoms with Gasteiger partial charge in [0, 0.05) is 44.3 Å². The molecule has 2 unspecified atom stereocenters. The second kappa shape index (κ2) is 12.3. The number of allylic oxidation sites excluding steroid dienone is 4. The second-order valence-electron chi connectivity index (χ2n) is 14.2. The topological polar surface area (TPSA) is 54.8 Å². The Labute approximate surface area is 311 Å². The van der Waals surface area contributed by atoms with Crippen molar-refractivity contribution in [2.45, 2.75) is 18.5 Å². The Morgan fingerprint density at radius 1 is 0.593 bits per heavy atom. The van der Waals surface area contributed by atoms with E-state index in [-0.39, 0.29) is 6.17 Å². The van der Waals surface area contributed by atoms with Crippen LogP contribution >= 0.6 is 0 Å². The van der Waals surface area contributed by atoms with Crippen LogP contribution in [0.1, 0.15) is 40.8 Å². The lowest BCUT2D eigenvalue weighted by atomic mass is 9.91. The molecule has 0 amide bonds. The molecule has 2 aliphatic rings. The van der Waals surface area contributed by atoms with Gasteiger partial charge in [-0.2, -0.15) is 0 Å². The van der Waals surface area contributed by atoms with Gasteiger partial charge in [-0.3, -0.25) is 0 Å². The van der Waals surface area contributed by atoms with Crippen LogP contribution in [0.3, 0.4) is 0 Å². The Balaban J connectivity index is 1.04. The molecule has 0 bridgehead atoms. The van der Waals surface area contributed by atoms with Gasteiger partial charge in [0.05, 0.1) is 11.0 Å². The van der Waals surface area contributed by atoms with Crippen LogP contribution < -0.4 is 5.32 Å². The third-order valence-corrected chi connectivity index (χ3v) is 11.0. The van der Waals surface area contributed by atoms with Crippen molar-refractivity contribution in [3.63, 3.8) is 0 Å². The van der Waals surface area contributed by atoms with E-state index in [0.29, 0.717) is 11.8 Å². The molecule has 7 aromatic carbocycles. The quantitative estimate of drug-likeness (QED) is 0.195. The molecule has 0 saturated carbocycles. The monoisotopic (exact) mass is 694 g/mol. The van der Waals surface area contributed by atoms with E-state index in [1.54, 1.807) is 0 Å². The van der Waals surface area contributed by atoms with Gasteiger partial charge in [-0.15, -0.1) is 0 Å². The first kappa shape index (κ1) is 30.6. The number of fused-ring (bicyclic) bond motifs is 8.